The highest BCUT2D eigenvalue weighted by molar-refractivity contribution is 6.70. The second-order valence-electron chi connectivity index (χ2n) is 4.92. The maximum Gasteiger partial charge on any atom is 0.242 e. The summed E-state index contributed by atoms with van der Waals surface area (Å²) in [6, 6.07) is 4.34. The van der Waals surface area contributed by atoms with Gasteiger partial charge in [0.05, 0.1) is 0 Å². The Bertz CT molecular complexity index is 337. The summed E-state index contributed by atoms with van der Waals surface area (Å²) in [4.78, 5) is 0. The molecule has 78 valence electrons. The molecule has 0 bridgehead atoms. The van der Waals surface area contributed by atoms with Crippen molar-refractivity contribution in [3.63, 3.8) is 0 Å². The average Bonchev–Trinajstić information content (AvgIpc) is 1.96. The second-order valence-corrected chi connectivity index (χ2v) is 9.35. The lowest BCUT2D eigenvalue weighted by Crippen LogP contribution is -2.29. The van der Waals surface area contributed by atoms with Gasteiger partial charge >= 0.3 is 0 Å². The monoisotopic (exact) mass is 208 g/mol. The SMILES string of the molecule is Cc1cc(C)c(C)c(O[Si](C)(C)C)c1. The van der Waals surface area contributed by atoms with Gasteiger partial charge in [0, 0.05) is 0 Å². The molecule has 2 heteroatoms. The molecule has 0 amide bonds. The molecule has 1 aromatic rings. The van der Waals surface area contributed by atoms with Crippen LogP contribution in [0, 0.1) is 20.8 Å². The molecule has 0 radical (unpaired) electrons. The fourth-order valence-corrected chi connectivity index (χ4v) is 2.31. The zero-order valence-electron chi connectivity index (χ0n) is 10.1. The molecule has 0 atom stereocenters. The summed E-state index contributed by atoms with van der Waals surface area (Å²) >= 11 is 0. The first-order valence-corrected chi connectivity index (χ1v) is 8.47. The van der Waals surface area contributed by atoms with Crippen molar-refractivity contribution >= 4 is 8.32 Å². The summed E-state index contributed by atoms with van der Waals surface area (Å²) in [5, 5.41) is 0. The van der Waals surface area contributed by atoms with Crippen LogP contribution in [0.15, 0.2) is 12.1 Å². The van der Waals surface area contributed by atoms with E-state index in [1.54, 1.807) is 0 Å². The van der Waals surface area contributed by atoms with Crippen molar-refractivity contribution in [1.29, 1.82) is 0 Å². The minimum Gasteiger partial charge on any atom is -0.544 e. The Morgan fingerprint density at radius 1 is 1.00 bits per heavy atom. The molecule has 1 aromatic carbocycles. The lowest BCUT2D eigenvalue weighted by molar-refractivity contribution is 0.551. The molecule has 0 heterocycles. The number of hydrogen-bond donors (Lipinski definition) is 0. The van der Waals surface area contributed by atoms with Gasteiger partial charge in [0.1, 0.15) is 5.75 Å². The third-order valence-electron chi connectivity index (χ3n) is 2.18. The Hall–Kier alpha value is -0.763. The molecule has 0 aliphatic carbocycles. The zero-order chi connectivity index (χ0) is 10.9. The number of rotatable bonds is 2. The van der Waals surface area contributed by atoms with E-state index < -0.39 is 8.32 Å². The smallest absolute Gasteiger partial charge is 0.242 e. The largest absolute Gasteiger partial charge is 0.544 e. The molecule has 0 spiro atoms. The van der Waals surface area contributed by atoms with Gasteiger partial charge in [-0.3, -0.25) is 0 Å². The number of aryl methyl sites for hydroxylation is 2. The summed E-state index contributed by atoms with van der Waals surface area (Å²) in [5.41, 5.74) is 3.87. The summed E-state index contributed by atoms with van der Waals surface area (Å²) in [5.74, 6) is 1.07. The van der Waals surface area contributed by atoms with E-state index in [9.17, 15) is 0 Å². The fourth-order valence-electron chi connectivity index (χ4n) is 1.44. The summed E-state index contributed by atoms with van der Waals surface area (Å²) < 4.78 is 6.03. The third kappa shape index (κ3) is 2.88. The van der Waals surface area contributed by atoms with E-state index in [2.05, 4.69) is 52.5 Å². The van der Waals surface area contributed by atoms with Crippen LogP contribution in [0.5, 0.6) is 5.75 Å². The molecular formula is C12H20OSi. The van der Waals surface area contributed by atoms with Crippen molar-refractivity contribution in [1.82, 2.24) is 0 Å². The molecule has 0 saturated carbocycles. The van der Waals surface area contributed by atoms with Crippen LogP contribution in [0.25, 0.3) is 0 Å². The van der Waals surface area contributed by atoms with Gasteiger partial charge < -0.3 is 4.43 Å². The minimum atomic E-state index is -1.48. The van der Waals surface area contributed by atoms with Gasteiger partial charge in [-0.15, -0.1) is 0 Å². The summed E-state index contributed by atoms with van der Waals surface area (Å²) in [6.45, 7) is 13.0. The van der Waals surface area contributed by atoms with E-state index >= 15 is 0 Å². The molecule has 0 saturated heterocycles. The van der Waals surface area contributed by atoms with Crippen molar-refractivity contribution in [3.8, 4) is 5.75 Å². The second kappa shape index (κ2) is 3.77. The first-order chi connectivity index (χ1) is 6.29. The topological polar surface area (TPSA) is 9.23 Å². The predicted octanol–water partition coefficient (Wildman–Crippen LogP) is 3.83. The van der Waals surface area contributed by atoms with Crippen LogP contribution in [0.1, 0.15) is 16.7 Å². The molecule has 1 rings (SSSR count). The van der Waals surface area contributed by atoms with Gasteiger partial charge in [-0.1, -0.05) is 6.07 Å². The van der Waals surface area contributed by atoms with E-state index in [1.807, 2.05) is 0 Å². The lowest BCUT2D eigenvalue weighted by atomic mass is 10.1. The standard InChI is InChI=1S/C12H20OSi/c1-9-7-10(2)11(3)12(8-9)13-14(4,5)6/h7-8H,1-6H3. The summed E-state index contributed by atoms with van der Waals surface area (Å²) in [6.07, 6.45) is 0. The van der Waals surface area contributed by atoms with Crippen LogP contribution in [-0.4, -0.2) is 8.32 Å². The van der Waals surface area contributed by atoms with Gasteiger partial charge in [0.25, 0.3) is 0 Å². The first kappa shape index (κ1) is 11.3. The van der Waals surface area contributed by atoms with E-state index in [4.69, 9.17) is 4.43 Å². The van der Waals surface area contributed by atoms with Crippen molar-refractivity contribution in [2.24, 2.45) is 0 Å². The highest BCUT2D eigenvalue weighted by atomic mass is 28.4. The zero-order valence-corrected chi connectivity index (χ0v) is 11.1. The van der Waals surface area contributed by atoms with Crippen LogP contribution in [0.2, 0.25) is 19.6 Å². The molecule has 14 heavy (non-hydrogen) atoms. The maximum atomic E-state index is 6.03. The van der Waals surface area contributed by atoms with Crippen LogP contribution in [-0.2, 0) is 0 Å². The highest BCUT2D eigenvalue weighted by Gasteiger charge is 2.17. The van der Waals surface area contributed by atoms with Gasteiger partial charge in [0.2, 0.25) is 8.32 Å². The van der Waals surface area contributed by atoms with Crippen molar-refractivity contribution in [2.45, 2.75) is 40.4 Å². The highest BCUT2D eigenvalue weighted by Crippen LogP contribution is 2.25. The molecule has 0 unspecified atom stereocenters. The average molecular weight is 208 g/mol. The van der Waals surface area contributed by atoms with E-state index in [1.165, 1.54) is 16.7 Å². The van der Waals surface area contributed by atoms with E-state index in [-0.39, 0.29) is 0 Å². The Labute approximate surface area is 88.2 Å². The van der Waals surface area contributed by atoms with Crippen molar-refractivity contribution in [3.05, 3.63) is 28.8 Å². The Morgan fingerprint density at radius 3 is 2.07 bits per heavy atom. The number of hydrogen-bond acceptors (Lipinski definition) is 1. The van der Waals surface area contributed by atoms with Gasteiger partial charge in [-0.25, -0.2) is 0 Å². The third-order valence-corrected chi connectivity index (χ3v) is 3.01. The summed E-state index contributed by atoms with van der Waals surface area (Å²) in [7, 11) is -1.48. The van der Waals surface area contributed by atoms with E-state index in [0.29, 0.717) is 0 Å². The van der Waals surface area contributed by atoms with Gasteiger partial charge in [-0.05, 0) is 63.2 Å². The Morgan fingerprint density at radius 2 is 1.57 bits per heavy atom. The Kier molecular flexibility index (Phi) is 3.05. The molecule has 1 nitrogen and oxygen atoms in total. The predicted molar refractivity (Wildman–Crippen MR) is 64.6 cm³/mol. The maximum absolute atomic E-state index is 6.03. The first-order valence-electron chi connectivity index (χ1n) is 5.06. The molecule has 0 aromatic heterocycles. The Balaban J connectivity index is 3.09. The molecular weight excluding hydrogens is 188 g/mol. The minimum absolute atomic E-state index is 1.07. The van der Waals surface area contributed by atoms with Crippen LogP contribution in [0.3, 0.4) is 0 Å². The molecule has 0 aliphatic rings. The normalized spacial score (nSPS) is 11.6. The number of benzene rings is 1. The molecule has 0 fully saturated rings. The van der Waals surface area contributed by atoms with Crippen molar-refractivity contribution in [2.75, 3.05) is 0 Å². The quantitative estimate of drug-likeness (QED) is 0.671. The van der Waals surface area contributed by atoms with Crippen LogP contribution < -0.4 is 4.43 Å². The lowest BCUT2D eigenvalue weighted by Gasteiger charge is -2.22. The van der Waals surface area contributed by atoms with E-state index in [0.717, 1.165) is 5.75 Å². The fraction of sp³-hybridized carbons (Fsp3) is 0.500. The molecule has 0 N–H and O–H groups in total. The van der Waals surface area contributed by atoms with Crippen molar-refractivity contribution < 1.29 is 4.43 Å². The van der Waals surface area contributed by atoms with Crippen LogP contribution >= 0.6 is 0 Å². The van der Waals surface area contributed by atoms with Gasteiger partial charge in [0.15, 0.2) is 0 Å². The molecule has 0 aliphatic heterocycles. The van der Waals surface area contributed by atoms with Gasteiger partial charge in [-0.2, -0.15) is 0 Å². The van der Waals surface area contributed by atoms with Crippen LogP contribution in [0.4, 0.5) is 0 Å².